The highest BCUT2D eigenvalue weighted by Gasteiger charge is 2.31. The molecule has 2 atom stereocenters. The van der Waals surface area contributed by atoms with Crippen molar-refractivity contribution in [3.05, 3.63) is 48.2 Å². The van der Waals surface area contributed by atoms with Gasteiger partial charge < -0.3 is 20.1 Å². The van der Waals surface area contributed by atoms with Gasteiger partial charge in [0.25, 0.3) is 0 Å². The van der Waals surface area contributed by atoms with Gasteiger partial charge in [-0.1, -0.05) is 24.6 Å². The molecule has 2 heterocycles. The molecule has 7 heteroatoms. The van der Waals surface area contributed by atoms with E-state index in [1.807, 2.05) is 38.1 Å². The van der Waals surface area contributed by atoms with Crippen LogP contribution in [0.25, 0.3) is 0 Å². The summed E-state index contributed by atoms with van der Waals surface area (Å²) in [5.41, 5.74) is 1.67. The standard InChI is InChI=1S/C20H23N3O4/c1-13-3-6-17(7-4-13)27-18-8-5-16(10-21-18)22-20(26)23-11-14(2)9-15(12-23)19(24)25/h3-8,10,14-15H,9,11-12H2,1-2H3,(H,22,26)(H,24,25). The molecule has 7 nitrogen and oxygen atoms in total. The molecule has 0 aliphatic carbocycles. The molecule has 1 saturated heterocycles. The Bertz CT molecular complexity index is 805. The predicted octanol–water partition coefficient (Wildman–Crippen LogP) is 3.76. The molecular formula is C20H23N3O4. The van der Waals surface area contributed by atoms with E-state index in [-0.39, 0.29) is 18.5 Å². The van der Waals surface area contributed by atoms with E-state index < -0.39 is 11.9 Å². The molecule has 0 saturated carbocycles. The molecule has 0 radical (unpaired) electrons. The molecular weight excluding hydrogens is 346 g/mol. The number of hydrogen-bond donors (Lipinski definition) is 2. The van der Waals surface area contributed by atoms with Crippen molar-refractivity contribution in [2.24, 2.45) is 11.8 Å². The van der Waals surface area contributed by atoms with Crippen LogP contribution in [0.5, 0.6) is 11.6 Å². The number of carbonyl (C=O) groups is 2. The summed E-state index contributed by atoms with van der Waals surface area (Å²) in [6.07, 6.45) is 2.11. The Morgan fingerprint density at radius 1 is 1.19 bits per heavy atom. The number of aromatic nitrogens is 1. The Morgan fingerprint density at radius 3 is 2.56 bits per heavy atom. The number of nitrogens with zero attached hydrogens (tertiary/aromatic N) is 2. The van der Waals surface area contributed by atoms with Crippen molar-refractivity contribution >= 4 is 17.7 Å². The van der Waals surface area contributed by atoms with E-state index in [0.29, 0.717) is 30.3 Å². The fourth-order valence-corrected chi connectivity index (χ4v) is 3.14. The molecule has 2 N–H and O–H groups in total. The molecule has 3 rings (SSSR count). The summed E-state index contributed by atoms with van der Waals surface area (Å²) in [4.78, 5) is 29.5. The molecule has 1 aromatic heterocycles. The molecule has 2 unspecified atom stereocenters. The Kier molecular flexibility index (Phi) is 5.59. The summed E-state index contributed by atoms with van der Waals surface area (Å²) in [5.74, 6) is -0.128. The third kappa shape index (κ3) is 4.97. The number of hydrogen-bond acceptors (Lipinski definition) is 4. The molecule has 27 heavy (non-hydrogen) atoms. The first-order valence-corrected chi connectivity index (χ1v) is 8.90. The van der Waals surface area contributed by atoms with Gasteiger partial charge >= 0.3 is 12.0 Å². The Balaban J connectivity index is 1.59. The molecule has 142 valence electrons. The van der Waals surface area contributed by atoms with Gasteiger partial charge in [-0.25, -0.2) is 9.78 Å². The lowest BCUT2D eigenvalue weighted by molar-refractivity contribution is -0.143. The van der Waals surface area contributed by atoms with E-state index in [1.165, 1.54) is 6.20 Å². The topological polar surface area (TPSA) is 91.8 Å². The van der Waals surface area contributed by atoms with Gasteiger partial charge in [0.1, 0.15) is 5.75 Å². The maximum atomic E-state index is 12.5. The van der Waals surface area contributed by atoms with Gasteiger partial charge in [0.2, 0.25) is 5.88 Å². The number of nitrogens with one attached hydrogen (secondary N) is 1. The van der Waals surface area contributed by atoms with Crippen LogP contribution in [-0.2, 0) is 4.79 Å². The summed E-state index contributed by atoms with van der Waals surface area (Å²) in [6, 6.07) is 10.7. The van der Waals surface area contributed by atoms with Gasteiger partial charge in [-0.2, -0.15) is 0 Å². The van der Waals surface area contributed by atoms with Gasteiger partial charge in [0.05, 0.1) is 17.8 Å². The lowest BCUT2D eigenvalue weighted by atomic mass is 9.91. The van der Waals surface area contributed by atoms with Crippen LogP contribution >= 0.6 is 0 Å². The number of piperidine rings is 1. The molecule has 0 bridgehead atoms. The summed E-state index contributed by atoms with van der Waals surface area (Å²) in [7, 11) is 0. The van der Waals surface area contributed by atoms with Crippen molar-refractivity contribution in [2.45, 2.75) is 20.3 Å². The van der Waals surface area contributed by atoms with Crippen molar-refractivity contribution < 1.29 is 19.4 Å². The number of aliphatic carboxylic acids is 1. The maximum absolute atomic E-state index is 12.5. The van der Waals surface area contributed by atoms with Gasteiger partial charge in [0, 0.05) is 19.2 Å². The molecule has 1 fully saturated rings. The van der Waals surface area contributed by atoms with E-state index in [2.05, 4.69) is 10.3 Å². The number of rotatable bonds is 4. The smallest absolute Gasteiger partial charge is 0.321 e. The zero-order chi connectivity index (χ0) is 19.4. The largest absolute Gasteiger partial charge is 0.481 e. The van der Waals surface area contributed by atoms with E-state index in [1.54, 1.807) is 17.0 Å². The minimum absolute atomic E-state index is 0.147. The Labute approximate surface area is 158 Å². The maximum Gasteiger partial charge on any atom is 0.321 e. The van der Waals surface area contributed by atoms with E-state index in [0.717, 1.165) is 5.56 Å². The van der Waals surface area contributed by atoms with Crippen LogP contribution in [0.2, 0.25) is 0 Å². The molecule has 0 spiro atoms. The first-order chi connectivity index (χ1) is 12.9. The third-order valence-corrected chi connectivity index (χ3v) is 4.53. The fourth-order valence-electron chi connectivity index (χ4n) is 3.14. The van der Waals surface area contributed by atoms with E-state index in [9.17, 15) is 14.7 Å². The molecule has 2 amide bonds. The second-order valence-electron chi connectivity index (χ2n) is 7.01. The van der Waals surface area contributed by atoms with Gasteiger partial charge in [-0.3, -0.25) is 4.79 Å². The number of ether oxygens (including phenoxy) is 1. The van der Waals surface area contributed by atoms with Crippen LogP contribution in [0.3, 0.4) is 0 Å². The molecule has 1 aromatic carbocycles. The average Bonchev–Trinajstić information content (AvgIpc) is 2.64. The van der Waals surface area contributed by atoms with Crippen molar-refractivity contribution in [3.8, 4) is 11.6 Å². The van der Waals surface area contributed by atoms with Crippen LogP contribution in [0, 0.1) is 18.8 Å². The number of carboxylic acid groups (broad SMARTS) is 1. The zero-order valence-corrected chi connectivity index (χ0v) is 15.4. The van der Waals surface area contributed by atoms with E-state index >= 15 is 0 Å². The second kappa shape index (κ2) is 8.07. The number of aryl methyl sites for hydroxylation is 1. The zero-order valence-electron chi connectivity index (χ0n) is 15.4. The van der Waals surface area contributed by atoms with E-state index in [4.69, 9.17) is 4.74 Å². The molecule has 1 aliphatic heterocycles. The number of likely N-dealkylation sites (tertiary alicyclic amines) is 1. The third-order valence-electron chi connectivity index (χ3n) is 4.53. The second-order valence-corrected chi connectivity index (χ2v) is 7.01. The van der Waals surface area contributed by atoms with Crippen molar-refractivity contribution in [3.63, 3.8) is 0 Å². The highest BCUT2D eigenvalue weighted by atomic mass is 16.5. The highest BCUT2D eigenvalue weighted by Crippen LogP contribution is 2.24. The number of urea groups is 1. The van der Waals surface area contributed by atoms with Gasteiger partial charge in [0.15, 0.2) is 0 Å². The van der Waals surface area contributed by atoms with Crippen LogP contribution in [-0.4, -0.2) is 40.1 Å². The number of benzene rings is 1. The van der Waals surface area contributed by atoms with Gasteiger partial charge in [-0.05, 0) is 37.5 Å². The quantitative estimate of drug-likeness (QED) is 0.856. The fraction of sp³-hybridized carbons (Fsp3) is 0.350. The average molecular weight is 369 g/mol. The normalized spacial score (nSPS) is 19.4. The summed E-state index contributed by atoms with van der Waals surface area (Å²) >= 11 is 0. The van der Waals surface area contributed by atoms with Crippen molar-refractivity contribution in [2.75, 3.05) is 18.4 Å². The summed E-state index contributed by atoms with van der Waals surface area (Å²) < 4.78 is 5.66. The first kappa shape index (κ1) is 18.7. The van der Waals surface area contributed by atoms with Crippen LogP contribution in [0.4, 0.5) is 10.5 Å². The number of pyridine rings is 1. The summed E-state index contributed by atoms with van der Waals surface area (Å²) in [6.45, 7) is 4.71. The van der Waals surface area contributed by atoms with Crippen molar-refractivity contribution in [1.29, 1.82) is 0 Å². The first-order valence-electron chi connectivity index (χ1n) is 8.90. The number of anilines is 1. The van der Waals surface area contributed by atoms with Crippen LogP contribution < -0.4 is 10.1 Å². The minimum atomic E-state index is -0.862. The Morgan fingerprint density at radius 2 is 1.93 bits per heavy atom. The van der Waals surface area contributed by atoms with Crippen molar-refractivity contribution in [1.82, 2.24) is 9.88 Å². The number of carboxylic acids is 1. The van der Waals surface area contributed by atoms with Crippen LogP contribution in [0.15, 0.2) is 42.6 Å². The lowest BCUT2D eigenvalue weighted by Crippen LogP contribution is -2.47. The SMILES string of the molecule is Cc1ccc(Oc2ccc(NC(=O)N3CC(C)CC(C(=O)O)C3)cn2)cc1. The number of amides is 2. The lowest BCUT2D eigenvalue weighted by Gasteiger charge is -2.34. The Hall–Kier alpha value is -3.09. The minimum Gasteiger partial charge on any atom is -0.481 e. The summed E-state index contributed by atoms with van der Waals surface area (Å²) in [5, 5.41) is 12.0. The van der Waals surface area contributed by atoms with Gasteiger partial charge in [-0.15, -0.1) is 0 Å². The number of carbonyl (C=O) groups excluding carboxylic acids is 1. The highest BCUT2D eigenvalue weighted by molar-refractivity contribution is 5.89. The molecule has 1 aliphatic rings. The van der Waals surface area contributed by atoms with Crippen LogP contribution in [0.1, 0.15) is 18.9 Å². The molecule has 2 aromatic rings. The predicted molar refractivity (Wildman–Crippen MR) is 101 cm³/mol. The monoisotopic (exact) mass is 369 g/mol.